The van der Waals surface area contributed by atoms with Gasteiger partial charge in [-0.3, -0.25) is 10.1 Å². The first-order valence-corrected chi connectivity index (χ1v) is 6.93. The molecule has 0 aromatic heterocycles. The number of benzene rings is 1. The number of alkyl carbamates (subject to hydrolysis) is 1. The Labute approximate surface area is 133 Å². The molecule has 126 valence electrons. The van der Waals surface area contributed by atoms with Gasteiger partial charge in [0.2, 0.25) is 0 Å². The van der Waals surface area contributed by atoms with E-state index >= 15 is 0 Å². The third kappa shape index (κ3) is 7.65. The molecule has 9 nitrogen and oxygen atoms in total. The predicted octanol–water partition coefficient (Wildman–Crippen LogP) is 2.24. The van der Waals surface area contributed by atoms with Crippen molar-refractivity contribution in [3.63, 3.8) is 0 Å². The minimum absolute atomic E-state index is 0.0579. The molecule has 23 heavy (non-hydrogen) atoms. The summed E-state index contributed by atoms with van der Waals surface area (Å²) in [5.41, 5.74) is -0.212. The van der Waals surface area contributed by atoms with E-state index in [1.807, 2.05) is 0 Å². The Morgan fingerprint density at radius 2 is 1.70 bits per heavy atom. The van der Waals surface area contributed by atoms with Crippen LogP contribution in [0.4, 0.5) is 21.0 Å². The molecule has 0 aliphatic rings. The van der Waals surface area contributed by atoms with Gasteiger partial charge in [-0.15, -0.1) is 0 Å². The van der Waals surface area contributed by atoms with Crippen LogP contribution in [0.1, 0.15) is 20.8 Å². The first kappa shape index (κ1) is 18.2. The van der Waals surface area contributed by atoms with E-state index in [4.69, 9.17) is 4.74 Å². The number of non-ortho nitro benzene ring substituents is 1. The van der Waals surface area contributed by atoms with Crippen molar-refractivity contribution in [2.24, 2.45) is 0 Å². The van der Waals surface area contributed by atoms with Gasteiger partial charge >= 0.3 is 12.1 Å². The maximum absolute atomic E-state index is 11.6. The zero-order chi connectivity index (χ0) is 17.5. The van der Waals surface area contributed by atoms with E-state index in [1.54, 1.807) is 20.8 Å². The molecule has 1 rings (SSSR count). The third-order valence-electron chi connectivity index (χ3n) is 2.41. The molecule has 0 bridgehead atoms. The molecule has 0 unspecified atom stereocenters. The molecule has 1 aromatic rings. The molecule has 0 heterocycles. The topological polar surface area (TPSA) is 123 Å². The van der Waals surface area contributed by atoms with Crippen LogP contribution in [0.3, 0.4) is 0 Å². The SMILES string of the molecule is CC(C)(C)OC(=O)NCCNC(=O)Nc1ccc([N+](=O)[O-])cc1. The summed E-state index contributed by atoms with van der Waals surface area (Å²) in [6, 6.07) is 4.96. The van der Waals surface area contributed by atoms with E-state index < -0.39 is 22.6 Å². The number of hydrogen-bond donors (Lipinski definition) is 3. The predicted molar refractivity (Wildman–Crippen MR) is 84.4 cm³/mol. The second-order valence-corrected chi connectivity index (χ2v) is 5.61. The summed E-state index contributed by atoms with van der Waals surface area (Å²) in [6.07, 6.45) is -0.560. The van der Waals surface area contributed by atoms with Gasteiger partial charge < -0.3 is 20.7 Å². The molecular weight excluding hydrogens is 304 g/mol. The average Bonchev–Trinajstić information content (AvgIpc) is 2.42. The standard InChI is InChI=1S/C14H20N4O5/c1-14(2,3)23-13(20)16-9-8-15-12(19)17-10-4-6-11(7-5-10)18(21)22/h4-7H,8-9H2,1-3H3,(H,16,20)(H2,15,17,19). The Morgan fingerprint density at radius 3 is 2.22 bits per heavy atom. The summed E-state index contributed by atoms with van der Waals surface area (Å²) in [6.45, 7) is 5.67. The maximum atomic E-state index is 11.6. The third-order valence-corrected chi connectivity index (χ3v) is 2.41. The van der Waals surface area contributed by atoms with E-state index in [2.05, 4.69) is 16.0 Å². The molecule has 9 heteroatoms. The number of nitro groups is 1. The van der Waals surface area contributed by atoms with Crippen molar-refractivity contribution in [1.29, 1.82) is 0 Å². The van der Waals surface area contributed by atoms with Crippen molar-refractivity contribution < 1.29 is 19.2 Å². The van der Waals surface area contributed by atoms with Crippen LogP contribution in [0.15, 0.2) is 24.3 Å². The van der Waals surface area contributed by atoms with Crippen molar-refractivity contribution in [3.8, 4) is 0 Å². The van der Waals surface area contributed by atoms with E-state index in [1.165, 1.54) is 24.3 Å². The number of amides is 3. The van der Waals surface area contributed by atoms with E-state index in [0.717, 1.165) is 0 Å². The fourth-order valence-electron chi connectivity index (χ4n) is 1.50. The van der Waals surface area contributed by atoms with Crippen molar-refractivity contribution in [3.05, 3.63) is 34.4 Å². The van der Waals surface area contributed by atoms with Gasteiger partial charge in [-0.1, -0.05) is 0 Å². The number of rotatable bonds is 5. The monoisotopic (exact) mass is 324 g/mol. The van der Waals surface area contributed by atoms with Gasteiger partial charge in [0.1, 0.15) is 5.60 Å². The number of urea groups is 1. The van der Waals surface area contributed by atoms with Gasteiger partial charge in [0.05, 0.1) is 4.92 Å². The van der Waals surface area contributed by atoms with Crippen LogP contribution >= 0.6 is 0 Å². The molecule has 0 atom stereocenters. The van der Waals surface area contributed by atoms with Gasteiger partial charge in [0, 0.05) is 30.9 Å². The van der Waals surface area contributed by atoms with E-state index in [0.29, 0.717) is 5.69 Å². The van der Waals surface area contributed by atoms with Crippen molar-refractivity contribution in [1.82, 2.24) is 10.6 Å². The minimum atomic E-state index is -0.579. The molecule has 1 aromatic carbocycles. The number of carbonyl (C=O) groups excluding carboxylic acids is 2. The lowest BCUT2D eigenvalue weighted by atomic mass is 10.2. The second-order valence-electron chi connectivity index (χ2n) is 5.61. The van der Waals surface area contributed by atoms with Gasteiger partial charge in [-0.05, 0) is 32.9 Å². The highest BCUT2D eigenvalue weighted by molar-refractivity contribution is 5.89. The highest BCUT2D eigenvalue weighted by Crippen LogP contribution is 2.15. The maximum Gasteiger partial charge on any atom is 0.407 e. The van der Waals surface area contributed by atoms with Crippen LogP contribution in [-0.2, 0) is 4.74 Å². The number of nitro benzene ring substituents is 1. The fraction of sp³-hybridized carbons (Fsp3) is 0.429. The molecule has 0 aliphatic heterocycles. The smallest absolute Gasteiger partial charge is 0.407 e. The lowest BCUT2D eigenvalue weighted by Gasteiger charge is -2.19. The zero-order valence-electron chi connectivity index (χ0n) is 13.2. The minimum Gasteiger partial charge on any atom is -0.444 e. The van der Waals surface area contributed by atoms with Crippen molar-refractivity contribution in [2.75, 3.05) is 18.4 Å². The number of hydrogen-bond acceptors (Lipinski definition) is 5. The summed E-state index contributed by atoms with van der Waals surface area (Å²) >= 11 is 0. The average molecular weight is 324 g/mol. The summed E-state index contributed by atoms with van der Waals surface area (Å²) < 4.78 is 5.04. The van der Waals surface area contributed by atoms with Gasteiger partial charge in [-0.25, -0.2) is 9.59 Å². The molecule has 3 amide bonds. The highest BCUT2D eigenvalue weighted by Gasteiger charge is 2.15. The summed E-state index contributed by atoms with van der Waals surface area (Å²) in [5, 5.41) is 18.1. The van der Waals surface area contributed by atoms with Crippen LogP contribution in [0, 0.1) is 10.1 Å². The Morgan fingerprint density at radius 1 is 1.13 bits per heavy atom. The van der Waals surface area contributed by atoms with Crippen LogP contribution < -0.4 is 16.0 Å². The van der Waals surface area contributed by atoms with Crippen molar-refractivity contribution >= 4 is 23.5 Å². The highest BCUT2D eigenvalue weighted by atomic mass is 16.6. The largest absolute Gasteiger partial charge is 0.444 e. The Kier molecular flexibility index (Phi) is 6.31. The van der Waals surface area contributed by atoms with E-state index in [9.17, 15) is 19.7 Å². The Balaban J connectivity index is 2.27. The molecular formula is C14H20N4O5. The van der Waals surface area contributed by atoms with Crippen LogP contribution in [0.25, 0.3) is 0 Å². The fourth-order valence-corrected chi connectivity index (χ4v) is 1.50. The zero-order valence-corrected chi connectivity index (χ0v) is 13.2. The summed E-state index contributed by atoms with van der Waals surface area (Å²) in [5.74, 6) is 0. The van der Waals surface area contributed by atoms with Crippen LogP contribution in [-0.4, -0.2) is 35.7 Å². The normalized spacial score (nSPS) is 10.6. The Hall–Kier alpha value is -2.84. The molecule has 0 saturated heterocycles. The molecule has 3 N–H and O–H groups in total. The number of ether oxygens (including phenoxy) is 1. The van der Waals surface area contributed by atoms with Gasteiger partial charge in [0.25, 0.3) is 5.69 Å². The molecule has 0 fully saturated rings. The number of anilines is 1. The first-order chi connectivity index (χ1) is 10.7. The number of nitrogens with one attached hydrogen (secondary N) is 3. The van der Waals surface area contributed by atoms with Gasteiger partial charge in [0.15, 0.2) is 0 Å². The first-order valence-electron chi connectivity index (χ1n) is 6.93. The van der Waals surface area contributed by atoms with Crippen molar-refractivity contribution in [2.45, 2.75) is 26.4 Å². The van der Waals surface area contributed by atoms with Gasteiger partial charge in [-0.2, -0.15) is 0 Å². The number of nitrogens with zero attached hydrogens (tertiary/aromatic N) is 1. The quantitative estimate of drug-likeness (QED) is 0.435. The summed E-state index contributed by atoms with van der Waals surface area (Å²) in [4.78, 5) is 33.0. The lowest BCUT2D eigenvalue weighted by molar-refractivity contribution is -0.384. The lowest BCUT2D eigenvalue weighted by Crippen LogP contribution is -2.39. The molecule has 0 spiro atoms. The Bertz CT molecular complexity index is 566. The number of carbonyl (C=O) groups is 2. The molecule has 0 aliphatic carbocycles. The van der Waals surface area contributed by atoms with E-state index in [-0.39, 0.29) is 18.8 Å². The summed E-state index contributed by atoms with van der Waals surface area (Å²) in [7, 11) is 0. The van der Waals surface area contributed by atoms with Crippen LogP contribution in [0.2, 0.25) is 0 Å². The molecule has 0 saturated carbocycles. The van der Waals surface area contributed by atoms with Crippen LogP contribution in [0.5, 0.6) is 0 Å². The molecule has 0 radical (unpaired) electrons. The second kappa shape index (κ2) is 7.97.